The molecule has 8 heteroatoms. The normalized spacial score (nSPS) is 14.4. The van der Waals surface area contributed by atoms with Crippen molar-refractivity contribution in [3.05, 3.63) is 59.2 Å². The highest BCUT2D eigenvalue weighted by Gasteiger charge is 2.20. The molecular formula is C21H25N3O5. The Hall–Kier alpha value is -2.94. The summed E-state index contributed by atoms with van der Waals surface area (Å²) < 4.78 is 5.41. The van der Waals surface area contributed by atoms with Crippen molar-refractivity contribution in [2.45, 2.75) is 25.3 Å². The molecule has 1 saturated heterocycles. The number of aromatic hydroxyl groups is 1. The van der Waals surface area contributed by atoms with E-state index in [0.717, 1.165) is 31.6 Å². The predicted molar refractivity (Wildman–Crippen MR) is 107 cm³/mol. The van der Waals surface area contributed by atoms with Gasteiger partial charge in [0.05, 0.1) is 13.1 Å². The lowest BCUT2D eigenvalue weighted by atomic mass is 9.91. The van der Waals surface area contributed by atoms with Crippen LogP contribution in [0.15, 0.2) is 42.5 Å². The lowest BCUT2D eigenvalue weighted by Gasteiger charge is -2.24. The Morgan fingerprint density at radius 1 is 1.14 bits per heavy atom. The van der Waals surface area contributed by atoms with E-state index in [4.69, 9.17) is 16.4 Å². The van der Waals surface area contributed by atoms with Crippen LogP contribution in [0.3, 0.4) is 0 Å². The minimum absolute atomic E-state index is 0.0859. The summed E-state index contributed by atoms with van der Waals surface area (Å²) in [6.07, 6.45) is 2.02. The number of hydrogen-bond donors (Lipinski definition) is 3. The van der Waals surface area contributed by atoms with Crippen LogP contribution >= 0.6 is 0 Å². The minimum atomic E-state index is -0.866. The summed E-state index contributed by atoms with van der Waals surface area (Å²) in [5, 5.41) is 10.1. The SMILES string of the molecule is NCC(=O)N(Cc1ccc(C2CCOCC2)cc1)c1ccc(C(=O)ON)c(O)c1. The third-order valence-electron chi connectivity index (χ3n) is 5.11. The molecule has 0 unspecified atom stereocenters. The molecule has 0 radical (unpaired) electrons. The Morgan fingerprint density at radius 2 is 1.83 bits per heavy atom. The van der Waals surface area contributed by atoms with Gasteiger partial charge in [-0.1, -0.05) is 24.3 Å². The second kappa shape index (κ2) is 9.51. The van der Waals surface area contributed by atoms with Gasteiger partial charge < -0.3 is 25.3 Å². The lowest BCUT2D eigenvalue weighted by molar-refractivity contribution is -0.117. The van der Waals surface area contributed by atoms with Crippen LogP contribution in [-0.2, 0) is 20.9 Å². The first-order chi connectivity index (χ1) is 14.0. The first-order valence-corrected chi connectivity index (χ1v) is 9.44. The summed E-state index contributed by atoms with van der Waals surface area (Å²) in [4.78, 5) is 29.5. The van der Waals surface area contributed by atoms with Crippen LogP contribution in [-0.4, -0.2) is 36.7 Å². The number of carbonyl (C=O) groups excluding carboxylic acids is 2. The average molecular weight is 399 g/mol. The molecule has 154 valence electrons. The van der Waals surface area contributed by atoms with Crippen LogP contribution in [0, 0.1) is 0 Å². The molecule has 5 N–H and O–H groups in total. The van der Waals surface area contributed by atoms with Crippen molar-refractivity contribution in [1.82, 2.24) is 0 Å². The third kappa shape index (κ3) is 4.92. The molecule has 1 fully saturated rings. The van der Waals surface area contributed by atoms with E-state index in [0.29, 0.717) is 11.6 Å². The molecule has 3 rings (SSSR count). The Labute approximate surface area is 169 Å². The quantitative estimate of drug-likeness (QED) is 0.632. The fourth-order valence-electron chi connectivity index (χ4n) is 3.47. The van der Waals surface area contributed by atoms with E-state index in [1.807, 2.05) is 12.1 Å². The molecule has 0 atom stereocenters. The number of phenols is 1. The van der Waals surface area contributed by atoms with Gasteiger partial charge >= 0.3 is 5.97 Å². The molecule has 0 aliphatic carbocycles. The number of hydrogen-bond acceptors (Lipinski definition) is 7. The molecule has 0 bridgehead atoms. The van der Waals surface area contributed by atoms with Gasteiger partial charge in [0.25, 0.3) is 0 Å². The predicted octanol–water partition coefficient (Wildman–Crippen LogP) is 1.81. The largest absolute Gasteiger partial charge is 0.507 e. The molecule has 0 spiro atoms. The van der Waals surface area contributed by atoms with E-state index in [1.54, 1.807) is 0 Å². The second-order valence-electron chi connectivity index (χ2n) is 6.92. The first-order valence-electron chi connectivity index (χ1n) is 9.44. The average Bonchev–Trinajstić information content (AvgIpc) is 2.77. The van der Waals surface area contributed by atoms with Gasteiger partial charge in [-0.2, -0.15) is 5.90 Å². The van der Waals surface area contributed by atoms with Crippen molar-refractivity contribution >= 4 is 17.6 Å². The molecule has 1 amide bonds. The van der Waals surface area contributed by atoms with E-state index in [1.165, 1.54) is 28.7 Å². The van der Waals surface area contributed by atoms with E-state index in [2.05, 4.69) is 17.0 Å². The third-order valence-corrected chi connectivity index (χ3v) is 5.11. The number of rotatable bonds is 6. The molecule has 0 saturated carbocycles. The maximum atomic E-state index is 12.4. The van der Waals surface area contributed by atoms with Gasteiger partial charge in [-0.3, -0.25) is 4.79 Å². The van der Waals surface area contributed by atoms with E-state index in [9.17, 15) is 14.7 Å². The van der Waals surface area contributed by atoms with Gasteiger partial charge in [0, 0.05) is 25.0 Å². The summed E-state index contributed by atoms with van der Waals surface area (Å²) in [7, 11) is 0. The Morgan fingerprint density at radius 3 is 2.41 bits per heavy atom. The zero-order valence-corrected chi connectivity index (χ0v) is 16.0. The van der Waals surface area contributed by atoms with E-state index >= 15 is 0 Å². The van der Waals surface area contributed by atoms with Gasteiger partial charge in [-0.15, -0.1) is 0 Å². The highest BCUT2D eigenvalue weighted by molar-refractivity contribution is 5.97. The molecule has 1 heterocycles. The number of carbonyl (C=O) groups is 2. The van der Waals surface area contributed by atoms with Gasteiger partial charge in [0.2, 0.25) is 5.91 Å². The summed E-state index contributed by atoms with van der Waals surface area (Å²) in [6.45, 7) is 1.66. The number of ether oxygens (including phenoxy) is 1. The van der Waals surface area contributed by atoms with E-state index < -0.39 is 5.97 Å². The molecule has 0 aromatic heterocycles. The van der Waals surface area contributed by atoms with Gasteiger partial charge in [0.15, 0.2) is 0 Å². The summed E-state index contributed by atoms with van der Waals surface area (Å²) >= 11 is 0. The zero-order valence-electron chi connectivity index (χ0n) is 16.0. The number of anilines is 1. The monoisotopic (exact) mass is 399 g/mol. The van der Waals surface area contributed by atoms with Crippen molar-refractivity contribution in [2.24, 2.45) is 11.6 Å². The molecule has 1 aliphatic rings. The molecule has 2 aromatic carbocycles. The molecular weight excluding hydrogens is 374 g/mol. The standard InChI is InChI=1S/C21H25N3O5/c22-12-20(26)24(17-5-6-18(19(25)11-17)21(27)29-23)13-14-1-3-15(4-2-14)16-7-9-28-10-8-16/h1-6,11,16,25H,7-10,12-13,22-23H2. The van der Waals surface area contributed by atoms with E-state index in [-0.39, 0.29) is 30.3 Å². The van der Waals surface area contributed by atoms with Gasteiger partial charge in [0.1, 0.15) is 11.3 Å². The Kier molecular flexibility index (Phi) is 6.82. The maximum absolute atomic E-state index is 12.4. The van der Waals surface area contributed by atoms with Crippen molar-refractivity contribution < 1.29 is 24.3 Å². The fourth-order valence-corrected chi connectivity index (χ4v) is 3.47. The molecule has 8 nitrogen and oxygen atoms in total. The van der Waals surface area contributed by atoms with Crippen LogP contribution in [0.2, 0.25) is 0 Å². The topological polar surface area (TPSA) is 128 Å². The van der Waals surface area contributed by atoms with Crippen LogP contribution < -0.4 is 16.5 Å². The fraction of sp³-hybridized carbons (Fsp3) is 0.333. The minimum Gasteiger partial charge on any atom is -0.507 e. The highest BCUT2D eigenvalue weighted by Crippen LogP contribution is 2.29. The molecule has 29 heavy (non-hydrogen) atoms. The second-order valence-corrected chi connectivity index (χ2v) is 6.92. The van der Waals surface area contributed by atoms with Crippen molar-refractivity contribution in [1.29, 1.82) is 0 Å². The molecule has 1 aliphatic heterocycles. The van der Waals surface area contributed by atoms with Crippen LogP contribution in [0.5, 0.6) is 5.75 Å². The Bertz CT molecular complexity index is 863. The van der Waals surface area contributed by atoms with Gasteiger partial charge in [-0.05, 0) is 42.0 Å². The summed E-state index contributed by atoms with van der Waals surface area (Å²) in [5.74, 6) is 3.84. The number of phenolic OH excluding ortho intramolecular Hbond substituents is 1. The number of nitrogens with zero attached hydrogens (tertiary/aromatic N) is 1. The van der Waals surface area contributed by atoms with Crippen LogP contribution in [0.1, 0.15) is 40.2 Å². The first kappa shape index (κ1) is 20.8. The van der Waals surface area contributed by atoms with Crippen LogP contribution in [0.4, 0.5) is 5.69 Å². The zero-order chi connectivity index (χ0) is 20.8. The number of benzene rings is 2. The van der Waals surface area contributed by atoms with Crippen molar-refractivity contribution in [3.8, 4) is 5.75 Å². The smallest absolute Gasteiger partial charge is 0.360 e. The van der Waals surface area contributed by atoms with Crippen LogP contribution in [0.25, 0.3) is 0 Å². The van der Waals surface area contributed by atoms with Crippen molar-refractivity contribution in [3.63, 3.8) is 0 Å². The Balaban J connectivity index is 1.80. The number of amides is 1. The highest BCUT2D eigenvalue weighted by atomic mass is 16.7. The van der Waals surface area contributed by atoms with Gasteiger partial charge in [-0.25, -0.2) is 4.79 Å². The molecule has 2 aromatic rings. The maximum Gasteiger partial charge on any atom is 0.360 e. The lowest BCUT2D eigenvalue weighted by Crippen LogP contribution is -2.35. The summed E-state index contributed by atoms with van der Waals surface area (Å²) in [6, 6.07) is 12.3. The summed E-state index contributed by atoms with van der Waals surface area (Å²) in [5.41, 5.74) is 8.08. The van der Waals surface area contributed by atoms with Crippen molar-refractivity contribution in [2.75, 3.05) is 24.7 Å². The number of nitrogens with two attached hydrogens (primary N) is 2.